The summed E-state index contributed by atoms with van der Waals surface area (Å²) in [7, 11) is 0. The minimum atomic E-state index is 0.494. The van der Waals surface area contributed by atoms with Crippen molar-refractivity contribution in [1.82, 2.24) is 4.98 Å². The number of rotatable bonds is 0. The summed E-state index contributed by atoms with van der Waals surface area (Å²) in [4.78, 5) is 4.01. The predicted molar refractivity (Wildman–Crippen MR) is 39.0 cm³/mol. The Morgan fingerprint density at radius 3 is 3.10 bits per heavy atom. The smallest absolute Gasteiger partial charge is 0.152 e. The third kappa shape index (κ3) is 0.772. The van der Waals surface area contributed by atoms with Crippen LogP contribution in [0.15, 0.2) is 28.9 Å². The summed E-state index contributed by atoms with van der Waals surface area (Å²) >= 11 is 5.62. The zero-order valence-electron chi connectivity index (χ0n) is 5.04. The summed E-state index contributed by atoms with van der Waals surface area (Å²) in [5, 5.41) is 0.494. The molecule has 2 aromatic heterocycles. The maximum absolute atomic E-state index is 5.62. The zero-order valence-corrected chi connectivity index (χ0v) is 5.80. The Balaban J connectivity index is 2.86. The predicted octanol–water partition coefficient (Wildman–Crippen LogP) is 2.48. The molecule has 2 heterocycles. The molecule has 0 fully saturated rings. The number of pyridine rings is 1. The molecule has 2 nitrogen and oxygen atoms in total. The molecular formula is C7H4ClNO. The molecule has 3 heteroatoms. The molecule has 0 radical (unpaired) electrons. The Morgan fingerprint density at radius 1 is 1.30 bits per heavy atom. The summed E-state index contributed by atoms with van der Waals surface area (Å²) in [6.07, 6.45) is 1.59. The highest BCUT2D eigenvalue weighted by Crippen LogP contribution is 2.15. The lowest BCUT2D eigenvalue weighted by Crippen LogP contribution is -1.71. The van der Waals surface area contributed by atoms with Crippen molar-refractivity contribution in [2.45, 2.75) is 0 Å². The first-order chi connectivity index (χ1) is 4.86. The molecule has 0 N–H and O–H groups in total. The maximum Gasteiger partial charge on any atom is 0.152 e. The highest BCUT2D eigenvalue weighted by atomic mass is 35.5. The van der Waals surface area contributed by atoms with Crippen LogP contribution in [-0.4, -0.2) is 4.98 Å². The molecule has 0 saturated carbocycles. The van der Waals surface area contributed by atoms with Crippen LogP contribution in [0.5, 0.6) is 0 Å². The number of fused-ring (bicyclic) bond motifs is 1. The van der Waals surface area contributed by atoms with E-state index in [1.807, 2.05) is 0 Å². The van der Waals surface area contributed by atoms with E-state index in [1.165, 1.54) is 0 Å². The average Bonchev–Trinajstić information content (AvgIpc) is 2.33. The van der Waals surface area contributed by atoms with Crippen LogP contribution < -0.4 is 0 Å². The quantitative estimate of drug-likeness (QED) is 0.544. The second-order valence-corrected chi connectivity index (χ2v) is 2.33. The van der Waals surface area contributed by atoms with Gasteiger partial charge >= 0.3 is 0 Å². The van der Waals surface area contributed by atoms with E-state index < -0.39 is 0 Å². The normalized spacial score (nSPS) is 10.5. The molecule has 0 spiro atoms. The van der Waals surface area contributed by atoms with Crippen molar-refractivity contribution < 1.29 is 4.42 Å². The van der Waals surface area contributed by atoms with Crippen molar-refractivity contribution in [3.8, 4) is 0 Å². The molecule has 0 aromatic carbocycles. The van der Waals surface area contributed by atoms with Gasteiger partial charge in [-0.15, -0.1) is 0 Å². The summed E-state index contributed by atoms with van der Waals surface area (Å²) in [6.45, 7) is 0. The SMILES string of the molecule is Clc1ccc2occc2n1. The van der Waals surface area contributed by atoms with Crippen molar-refractivity contribution in [2.75, 3.05) is 0 Å². The molecule has 2 aromatic rings. The largest absolute Gasteiger partial charge is 0.463 e. The molecule has 0 aliphatic rings. The maximum atomic E-state index is 5.62. The lowest BCUT2D eigenvalue weighted by atomic mass is 10.4. The lowest BCUT2D eigenvalue weighted by molar-refractivity contribution is 0.615. The van der Waals surface area contributed by atoms with E-state index >= 15 is 0 Å². The molecule has 0 aliphatic heterocycles. The van der Waals surface area contributed by atoms with Crippen molar-refractivity contribution in [1.29, 1.82) is 0 Å². The third-order valence-corrected chi connectivity index (χ3v) is 1.48. The first-order valence-corrected chi connectivity index (χ1v) is 3.24. The molecule has 0 atom stereocenters. The Hall–Kier alpha value is -1.02. The number of nitrogens with zero attached hydrogens (tertiary/aromatic N) is 1. The van der Waals surface area contributed by atoms with E-state index in [2.05, 4.69) is 4.98 Å². The van der Waals surface area contributed by atoms with Crippen molar-refractivity contribution in [2.24, 2.45) is 0 Å². The Labute approximate surface area is 62.4 Å². The number of hydrogen-bond donors (Lipinski definition) is 0. The first kappa shape index (κ1) is 5.74. The minimum absolute atomic E-state index is 0.494. The van der Waals surface area contributed by atoms with Gasteiger partial charge in [-0.2, -0.15) is 0 Å². The van der Waals surface area contributed by atoms with Crippen LogP contribution in [-0.2, 0) is 0 Å². The zero-order chi connectivity index (χ0) is 6.97. The molecule has 0 unspecified atom stereocenters. The summed E-state index contributed by atoms with van der Waals surface area (Å²) < 4.78 is 5.05. The van der Waals surface area contributed by atoms with Crippen LogP contribution in [0.25, 0.3) is 11.1 Å². The summed E-state index contributed by atoms with van der Waals surface area (Å²) in [5.41, 5.74) is 1.57. The van der Waals surface area contributed by atoms with Crippen LogP contribution in [0.3, 0.4) is 0 Å². The molecular weight excluding hydrogens is 150 g/mol. The second-order valence-electron chi connectivity index (χ2n) is 1.94. The van der Waals surface area contributed by atoms with Crippen LogP contribution >= 0.6 is 11.6 Å². The fraction of sp³-hybridized carbons (Fsp3) is 0. The van der Waals surface area contributed by atoms with E-state index in [4.69, 9.17) is 16.0 Å². The van der Waals surface area contributed by atoms with E-state index in [-0.39, 0.29) is 0 Å². The van der Waals surface area contributed by atoms with Crippen LogP contribution in [0.2, 0.25) is 5.15 Å². The number of hydrogen-bond acceptors (Lipinski definition) is 2. The fourth-order valence-electron chi connectivity index (χ4n) is 0.828. The minimum Gasteiger partial charge on any atom is -0.463 e. The number of furan rings is 1. The van der Waals surface area contributed by atoms with Crippen LogP contribution in [0.4, 0.5) is 0 Å². The number of aromatic nitrogens is 1. The Kier molecular flexibility index (Phi) is 1.14. The van der Waals surface area contributed by atoms with Crippen molar-refractivity contribution >= 4 is 22.7 Å². The highest BCUT2D eigenvalue weighted by Gasteiger charge is 1.96. The lowest BCUT2D eigenvalue weighted by Gasteiger charge is -1.86. The van der Waals surface area contributed by atoms with E-state index in [0.29, 0.717) is 5.15 Å². The van der Waals surface area contributed by atoms with Gasteiger partial charge in [0.15, 0.2) is 5.58 Å². The summed E-state index contributed by atoms with van der Waals surface area (Å²) in [5.74, 6) is 0. The van der Waals surface area contributed by atoms with Crippen molar-refractivity contribution in [3.05, 3.63) is 29.6 Å². The molecule has 0 saturated heterocycles. The van der Waals surface area contributed by atoms with Gasteiger partial charge in [-0.1, -0.05) is 11.6 Å². The van der Waals surface area contributed by atoms with Gasteiger partial charge < -0.3 is 4.42 Å². The standard InChI is InChI=1S/C7H4ClNO/c8-7-2-1-6-5(9-7)3-4-10-6/h1-4H. The molecule has 0 aliphatic carbocycles. The van der Waals surface area contributed by atoms with Gasteiger partial charge in [0.05, 0.1) is 6.26 Å². The first-order valence-electron chi connectivity index (χ1n) is 2.86. The van der Waals surface area contributed by atoms with Crippen LogP contribution in [0, 0.1) is 0 Å². The van der Waals surface area contributed by atoms with Gasteiger partial charge in [-0.05, 0) is 12.1 Å². The molecule has 10 heavy (non-hydrogen) atoms. The van der Waals surface area contributed by atoms with E-state index in [1.54, 1.807) is 24.5 Å². The van der Waals surface area contributed by atoms with Gasteiger partial charge in [-0.3, -0.25) is 0 Å². The molecule has 2 rings (SSSR count). The van der Waals surface area contributed by atoms with Gasteiger partial charge in [0.25, 0.3) is 0 Å². The van der Waals surface area contributed by atoms with Crippen LogP contribution in [0.1, 0.15) is 0 Å². The molecule has 0 bridgehead atoms. The Morgan fingerprint density at radius 2 is 2.20 bits per heavy atom. The van der Waals surface area contributed by atoms with Gasteiger partial charge in [0.1, 0.15) is 10.7 Å². The van der Waals surface area contributed by atoms with Crippen molar-refractivity contribution in [3.63, 3.8) is 0 Å². The van der Waals surface area contributed by atoms with Gasteiger partial charge in [0.2, 0.25) is 0 Å². The monoisotopic (exact) mass is 153 g/mol. The summed E-state index contributed by atoms with van der Waals surface area (Å²) in [6, 6.07) is 5.28. The van der Waals surface area contributed by atoms with E-state index in [0.717, 1.165) is 11.1 Å². The molecule has 0 amide bonds. The second kappa shape index (κ2) is 1.99. The fourth-order valence-corrected chi connectivity index (χ4v) is 0.982. The third-order valence-electron chi connectivity index (χ3n) is 1.27. The molecule has 50 valence electrons. The topological polar surface area (TPSA) is 26.0 Å². The van der Waals surface area contributed by atoms with Gasteiger partial charge in [-0.25, -0.2) is 4.98 Å². The van der Waals surface area contributed by atoms with Gasteiger partial charge in [0, 0.05) is 6.07 Å². The Bertz CT molecular complexity index is 355. The highest BCUT2D eigenvalue weighted by molar-refractivity contribution is 6.29. The number of halogens is 1. The van der Waals surface area contributed by atoms with E-state index in [9.17, 15) is 0 Å². The average molecular weight is 154 g/mol.